The summed E-state index contributed by atoms with van der Waals surface area (Å²) in [5.41, 5.74) is 20.9. The standard InChI is InChI=1S/C63H48N2/c1-63(2)58-24-14-12-22-54(58)55-38-36-52(42-59(55)63)64(62-41-49(44-18-8-4-9-19-44)32-37-53(62)47-28-26-45(27-29-47)43-16-6-3-7-17-43)51-34-30-46(31-35-51)48-33-39-61-57(40-48)56-23-13-15-25-60(56)65(61)50-20-10-5-11-21-50/h3-30,32-42,46H,31H2,1-2H3. The Morgan fingerprint density at radius 1 is 0.462 bits per heavy atom. The third-order valence-corrected chi connectivity index (χ3v) is 14.0. The van der Waals surface area contributed by atoms with E-state index in [0.717, 1.165) is 17.8 Å². The van der Waals surface area contributed by atoms with Gasteiger partial charge in [-0.25, -0.2) is 0 Å². The predicted molar refractivity (Wildman–Crippen MR) is 274 cm³/mol. The van der Waals surface area contributed by atoms with Gasteiger partial charge in [-0.05, 0) is 117 Å². The third-order valence-electron chi connectivity index (χ3n) is 14.0. The van der Waals surface area contributed by atoms with Gasteiger partial charge < -0.3 is 9.47 Å². The fourth-order valence-corrected chi connectivity index (χ4v) is 10.6. The summed E-state index contributed by atoms with van der Waals surface area (Å²) < 4.78 is 2.40. The van der Waals surface area contributed by atoms with E-state index in [0.29, 0.717) is 0 Å². The maximum Gasteiger partial charge on any atom is 0.0546 e. The SMILES string of the molecule is CC1(C)c2ccccc2-c2ccc(N(C3=CCC(c4ccc5c(c4)c4ccccc4n5-c4ccccc4)C=C3)c3cc(-c4ccccc4)ccc3-c3ccc(-c4ccccc4)cc3)cc21. The van der Waals surface area contributed by atoms with Crippen LogP contribution in [0.2, 0.25) is 0 Å². The molecule has 65 heavy (non-hydrogen) atoms. The first-order valence-corrected chi connectivity index (χ1v) is 22.9. The largest absolute Gasteiger partial charge is 0.310 e. The Labute approximate surface area is 381 Å². The molecule has 10 aromatic rings. The van der Waals surface area contributed by atoms with Crippen molar-refractivity contribution in [1.29, 1.82) is 0 Å². The lowest BCUT2D eigenvalue weighted by molar-refractivity contribution is 0.660. The average molecular weight is 833 g/mol. The number of allylic oxidation sites excluding steroid dienone is 3. The Morgan fingerprint density at radius 3 is 1.82 bits per heavy atom. The van der Waals surface area contributed by atoms with Crippen LogP contribution in [0.25, 0.3) is 72.0 Å². The summed E-state index contributed by atoms with van der Waals surface area (Å²) >= 11 is 0. The number of nitrogens with zero attached hydrogens (tertiary/aromatic N) is 2. The molecule has 0 fully saturated rings. The predicted octanol–water partition coefficient (Wildman–Crippen LogP) is 16.9. The lowest BCUT2D eigenvalue weighted by Gasteiger charge is -2.32. The van der Waals surface area contributed by atoms with E-state index in [2.05, 4.69) is 260 Å². The normalized spacial score (nSPS) is 14.9. The van der Waals surface area contributed by atoms with E-state index in [9.17, 15) is 0 Å². The Morgan fingerprint density at radius 2 is 1.06 bits per heavy atom. The van der Waals surface area contributed by atoms with Crippen LogP contribution >= 0.6 is 0 Å². The molecule has 0 bridgehead atoms. The average Bonchev–Trinajstić information content (AvgIpc) is 3.82. The van der Waals surface area contributed by atoms with E-state index in [4.69, 9.17) is 0 Å². The molecule has 1 atom stereocenters. The topological polar surface area (TPSA) is 8.17 Å². The smallest absolute Gasteiger partial charge is 0.0546 e. The van der Waals surface area contributed by atoms with Crippen LogP contribution in [-0.4, -0.2) is 4.57 Å². The molecule has 0 aliphatic heterocycles. The maximum atomic E-state index is 2.52. The van der Waals surface area contributed by atoms with Crippen LogP contribution in [0.4, 0.5) is 11.4 Å². The van der Waals surface area contributed by atoms with E-state index in [1.165, 1.54) is 94.4 Å². The second kappa shape index (κ2) is 15.7. The number of benzene rings is 9. The molecule has 2 aliphatic carbocycles. The molecule has 310 valence electrons. The van der Waals surface area contributed by atoms with Crippen molar-refractivity contribution in [3.63, 3.8) is 0 Å². The van der Waals surface area contributed by atoms with Crippen molar-refractivity contribution in [2.45, 2.75) is 31.6 Å². The number of rotatable bonds is 8. The maximum absolute atomic E-state index is 2.52. The van der Waals surface area contributed by atoms with Crippen molar-refractivity contribution in [3.8, 4) is 50.2 Å². The zero-order valence-electron chi connectivity index (χ0n) is 36.7. The van der Waals surface area contributed by atoms with Gasteiger partial charge in [0.05, 0.1) is 16.7 Å². The summed E-state index contributed by atoms with van der Waals surface area (Å²) in [5, 5.41) is 2.56. The molecule has 2 heteroatoms. The van der Waals surface area contributed by atoms with Crippen LogP contribution in [0.1, 0.15) is 42.9 Å². The summed E-state index contributed by atoms with van der Waals surface area (Å²) in [7, 11) is 0. The fraction of sp³-hybridized carbons (Fsp3) is 0.0794. The number of anilines is 2. The summed E-state index contributed by atoms with van der Waals surface area (Å²) in [6, 6.07) is 80.3. The molecular weight excluding hydrogens is 785 g/mol. The zero-order chi connectivity index (χ0) is 43.5. The number of aromatic nitrogens is 1. The van der Waals surface area contributed by atoms with Crippen molar-refractivity contribution < 1.29 is 0 Å². The van der Waals surface area contributed by atoms with Gasteiger partial charge in [-0.2, -0.15) is 0 Å². The fourth-order valence-electron chi connectivity index (χ4n) is 10.6. The minimum absolute atomic E-state index is 0.139. The van der Waals surface area contributed by atoms with Crippen molar-refractivity contribution >= 4 is 33.2 Å². The highest BCUT2D eigenvalue weighted by molar-refractivity contribution is 6.09. The molecule has 9 aromatic carbocycles. The van der Waals surface area contributed by atoms with E-state index >= 15 is 0 Å². The molecule has 1 aromatic heterocycles. The molecule has 0 saturated carbocycles. The number of fused-ring (bicyclic) bond motifs is 6. The van der Waals surface area contributed by atoms with Crippen LogP contribution < -0.4 is 4.90 Å². The molecule has 0 spiro atoms. The van der Waals surface area contributed by atoms with Gasteiger partial charge in [0.1, 0.15) is 0 Å². The third kappa shape index (κ3) is 6.64. The van der Waals surface area contributed by atoms with Gasteiger partial charge in [-0.3, -0.25) is 0 Å². The zero-order valence-corrected chi connectivity index (χ0v) is 36.7. The van der Waals surface area contributed by atoms with Gasteiger partial charge >= 0.3 is 0 Å². The summed E-state index contributed by atoms with van der Waals surface area (Å²) in [5.74, 6) is 0.234. The first kappa shape index (κ1) is 38.7. The molecule has 0 N–H and O–H groups in total. The molecule has 1 heterocycles. The van der Waals surface area contributed by atoms with Gasteiger partial charge in [-0.15, -0.1) is 0 Å². The van der Waals surface area contributed by atoms with E-state index in [-0.39, 0.29) is 11.3 Å². The Hall–Kier alpha value is -7.94. The van der Waals surface area contributed by atoms with Crippen molar-refractivity contribution in [3.05, 3.63) is 259 Å². The number of hydrogen-bond donors (Lipinski definition) is 0. The quantitative estimate of drug-likeness (QED) is 0.148. The lowest BCUT2D eigenvalue weighted by atomic mass is 9.82. The second-order valence-corrected chi connectivity index (χ2v) is 18.1. The van der Waals surface area contributed by atoms with Crippen LogP contribution in [0, 0.1) is 0 Å². The van der Waals surface area contributed by atoms with Crippen molar-refractivity contribution in [1.82, 2.24) is 4.57 Å². The van der Waals surface area contributed by atoms with Crippen LogP contribution in [0.3, 0.4) is 0 Å². The Kier molecular flexibility index (Phi) is 9.35. The minimum atomic E-state index is -0.139. The number of para-hydroxylation sites is 2. The first-order chi connectivity index (χ1) is 32.0. The second-order valence-electron chi connectivity index (χ2n) is 18.1. The summed E-state index contributed by atoms with van der Waals surface area (Å²) in [6.07, 6.45) is 8.15. The Bertz CT molecular complexity index is 3460. The van der Waals surface area contributed by atoms with Gasteiger partial charge in [0.2, 0.25) is 0 Å². The van der Waals surface area contributed by atoms with Gasteiger partial charge in [0, 0.05) is 44.7 Å². The van der Waals surface area contributed by atoms with Crippen LogP contribution in [0.5, 0.6) is 0 Å². The highest BCUT2D eigenvalue weighted by Crippen LogP contribution is 2.51. The van der Waals surface area contributed by atoms with Gasteiger partial charge in [0.25, 0.3) is 0 Å². The van der Waals surface area contributed by atoms with Crippen molar-refractivity contribution in [2.75, 3.05) is 4.90 Å². The highest BCUT2D eigenvalue weighted by atomic mass is 15.1. The summed E-state index contributed by atoms with van der Waals surface area (Å²) in [4.78, 5) is 2.52. The molecule has 12 rings (SSSR count). The molecule has 0 amide bonds. The van der Waals surface area contributed by atoms with Crippen LogP contribution in [0.15, 0.2) is 242 Å². The molecular formula is C63H48N2. The first-order valence-electron chi connectivity index (χ1n) is 22.9. The highest BCUT2D eigenvalue weighted by Gasteiger charge is 2.36. The van der Waals surface area contributed by atoms with Gasteiger partial charge in [-0.1, -0.05) is 196 Å². The summed E-state index contributed by atoms with van der Waals surface area (Å²) in [6.45, 7) is 4.75. The monoisotopic (exact) mass is 832 g/mol. The van der Waals surface area contributed by atoms with Crippen molar-refractivity contribution in [2.24, 2.45) is 0 Å². The van der Waals surface area contributed by atoms with Gasteiger partial charge in [0.15, 0.2) is 0 Å². The molecule has 2 nitrogen and oxygen atoms in total. The number of hydrogen-bond acceptors (Lipinski definition) is 1. The minimum Gasteiger partial charge on any atom is -0.310 e. The molecule has 0 radical (unpaired) electrons. The molecule has 2 aliphatic rings. The van der Waals surface area contributed by atoms with E-state index in [1.54, 1.807) is 0 Å². The van der Waals surface area contributed by atoms with Crippen LogP contribution in [-0.2, 0) is 5.41 Å². The lowest BCUT2D eigenvalue weighted by Crippen LogP contribution is -2.20. The molecule has 1 unspecified atom stereocenters. The molecule has 0 saturated heterocycles. The van der Waals surface area contributed by atoms with E-state index < -0.39 is 0 Å². The van der Waals surface area contributed by atoms with E-state index in [1.807, 2.05) is 0 Å². The Balaban J connectivity index is 0.995.